The van der Waals surface area contributed by atoms with Crippen LogP contribution in [0.4, 0.5) is 43.8 Å². The Balaban J connectivity index is 1.88. The second-order valence-corrected chi connectivity index (χ2v) is 7.16. The van der Waals surface area contributed by atoms with Crippen molar-refractivity contribution in [3.05, 3.63) is 40.5 Å². The number of halogens is 7. The largest absolute Gasteiger partial charge is 0.433 e. The van der Waals surface area contributed by atoms with E-state index >= 15 is 0 Å². The van der Waals surface area contributed by atoms with Crippen molar-refractivity contribution in [1.82, 2.24) is 9.97 Å². The molecule has 11 heteroatoms. The number of hydrogen-bond acceptors (Lipinski definition) is 4. The SMILES string of the molecule is FC(F)(F)c1ccc(Nc2cc(C(F)(F)F)nc(NC3CCCCC3)n2)c(Cl)c1. The molecule has 0 aliphatic heterocycles. The van der Waals surface area contributed by atoms with Crippen LogP contribution in [-0.2, 0) is 12.4 Å². The molecule has 1 aromatic heterocycles. The van der Waals surface area contributed by atoms with Gasteiger partial charge in [-0.15, -0.1) is 0 Å². The van der Waals surface area contributed by atoms with Crippen molar-refractivity contribution in [1.29, 1.82) is 0 Å². The number of alkyl halides is 6. The molecule has 0 unspecified atom stereocenters. The number of nitrogens with zero attached hydrogens (tertiary/aromatic N) is 2. The highest BCUT2D eigenvalue weighted by Crippen LogP contribution is 2.36. The predicted molar refractivity (Wildman–Crippen MR) is 97.3 cm³/mol. The minimum Gasteiger partial charge on any atom is -0.351 e. The van der Waals surface area contributed by atoms with Crippen LogP contribution in [-0.4, -0.2) is 16.0 Å². The molecule has 1 fully saturated rings. The first-order valence-electron chi connectivity index (χ1n) is 8.89. The number of rotatable bonds is 4. The quantitative estimate of drug-likeness (QED) is 0.524. The Hall–Kier alpha value is -2.23. The second-order valence-electron chi connectivity index (χ2n) is 6.76. The van der Waals surface area contributed by atoms with Crippen molar-refractivity contribution in [3.63, 3.8) is 0 Å². The van der Waals surface area contributed by atoms with Gasteiger partial charge in [-0.25, -0.2) is 4.98 Å². The van der Waals surface area contributed by atoms with Crippen LogP contribution in [0.5, 0.6) is 0 Å². The van der Waals surface area contributed by atoms with Gasteiger partial charge in [0.05, 0.1) is 16.3 Å². The van der Waals surface area contributed by atoms with E-state index in [2.05, 4.69) is 20.6 Å². The van der Waals surface area contributed by atoms with Crippen molar-refractivity contribution >= 4 is 29.1 Å². The van der Waals surface area contributed by atoms with Gasteiger partial charge in [0.15, 0.2) is 5.69 Å². The van der Waals surface area contributed by atoms with Crippen LogP contribution < -0.4 is 10.6 Å². The molecular weight excluding hydrogens is 422 g/mol. The number of hydrogen-bond donors (Lipinski definition) is 2. The fourth-order valence-corrected chi connectivity index (χ4v) is 3.31. The maximum Gasteiger partial charge on any atom is 0.433 e. The van der Waals surface area contributed by atoms with Crippen LogP contribution in [0.3, 0.4) is 0 Å². The van der Waals surface area contributed by atoms with Crippen LogP contribution in [0.1, 0.15) is 43.4 Å². The molecule has 1 aliphatic rings. The number of nitrogens with one attached hydrogen (secondary N) is 2. The van der Waals surface area contributed by atoms with E-state index in [4.69, 9.17) is 11.6 Å². The summed E-state index contributed by atoms with van der Waals surface area (Å²) in [7, 11) is 0. The highest BCUT2D eigenvalue weighted by atomic mass is 35.5. The van der Waals surface area contributed by atoms with Crippen LogP contribution >= 0.6 is 11.6 Å². The zero-order valence-corrected chi connectivity index (χ0v) is 15.7. The van der Waals surface area contributed by atoms with Gasteiger partial charge in [-0.3, -0.25) is 0 Å². The average Bonchev–Trinajstić information content (AvgIpc) is 2.62. The van der Waals surface area contributed by atoms with Gasteiger partial charge >= 0.3 is 12.4 Å². The van der Waals surface area contributed by atoms with Gasteiger partial charge < -0.3 is 10.6 Å². The van der Waals surface area contributed by atoms with Gasteiger partial charge in [0.25, 0.3) is 0 Å². The molecule has 0 atom stereocenters. The number of anilines is 3. The summed E-state index contributed by atoms with van der Waals surface area (Å²) in [6.07, 6.45) is -4.71. The molecule has 0 spiro atoms. The number of benzene rings is 1. The molecule has 1 heterocycles. The van der Waals surface area contributed by atoms with Gasteiger partial charge in [-0.2, -0.15) is 31.3 Å². The molecule has 1 aromatic carbocycles. The zero-order valence-electron chi connectivity index (χ0n) is 15.0. The third kappa shape index (κ3) is 5.65. The molecular formula is C18H17ClF6N4. The summed E-state index contributed by atoms with van der Waals surface area (Å²) in [6, 6.07) is 3.15. The first-order valence-corrected chi connectivity index (χ1v) is 9.27. The van der Waals surface area contributed by atoms with E-state index in [0.29, 0.717) is 12.1 Å². The Bertz CT molecular complexity index is 862. The zero-order chi connectivity index (χ0) is 21.2. The topological polar surface area (TPSA) is 49.8 Å². The minimum absolute atomic E-state index is 0.00453. The van der Waals surface area contributed by atoms with Gasteiger partial charge in [0.2, 0.25) is 5.95 Å². The summed E-state index contributed by atoms with van der Waals surface area (Å²) in [5.41, 5.74) is -2.14. The second kappa shape index (κ2) is 8.25. The Labute approximate surface area is 167 Å². The van der Waals surface area contributed by atoms with E-state index in [1.807, 2.05) is 0 Å². The Kier molecular flexibility index (Phi) is 6.11. The van der Waals surface area contributed by atoms with Crippen molar-refractivity contribution in [3.8, 4) is 0 Å². The van der Waals surface area contributed by atoms with Crippen LogP contribution in [0, 0.1) is 0 Å². The van der Waals surface area contributed by atoms with E-state index in [-0.39, 0.29) is 28.5 Å². The minimum atomic E-state index is -4.72. The Morgan fingerprint density at radius 2 is 1.59 bits per heavy atom. The molecule has 1 aliphatic carbocycles. The van der Waals surface area contributed by atoms with Gasteiger partial charge in [-0.1, -0.05) is 30.9 Å². The van der Waals surface area contributed by atoms with Crippen LogP contribution in [0.2, 0.25) is 5.02 Å². The van der Waals surface area contributed by atoms with Crippen LogP contribution in [0.25, 0.3) is 0 Å². The Morgan fingerprint density at radius 1 is 0.897 bits per heavy atom. The molecule has 158 valence electrons. The molecule has 0 radical (unpaired) electrons. The number of aromatic nitrogens is 2. The molecule has 4 nitrogen and oxygen atoms in total. The van der Waals surface area contributed by atoms with E-state index in [1.54, 1.807) is 0 Å². The summed E-state index contributed by atoms with van der Waals surface area (Å²) in [4.78, 5) is 7.57. The summed E-state index contributed by atoms with van der Waals surface area (Å²) in [5.74, 6) is -0.426. The highest BCUT2D eigenvalue weighted by Gasteiger charge is 2.34. The summed E-state index contributed by atoms with van der Waals surface area (Å²) >= 11 is 5.87. The lowest BCUT2D eigenvalue weighted by atomic mass is 9.96. The molecule has 0 saturated heterocycles. The summed E-state index contributed by atoms with van der Waals surface area (Å²) in [5, 5.41) is 5.17. The molecule has 0 bridgehead atoms. The molecule has 2 N–H and O–H groups in total. The van der Waals surface area contributed by atoms with E-state index in [1.165, 1.54) is 0 Å². The van der Waals surface area contributed by atoms with Gasteiger partial charge in [0.1, 0.15) is 5.82 Å². The van der Waals surface area contributed by atoms with Crippen LogP contribution in [0.15, 0.2) is 24.3 Å². The van der Waals surface area contributed by atoms with E-state index < -0.39 is 23.6 Å². The van der Waals surface area contributed by atoms with E-state index in [9.17, 15) is 26.3 Å². The first-order chi connectivity index (χ1) is 13.5. The lowest BCUT2D eigenvalue weighted by Gasteiger charge is -2.23. The summed E-state index contributed by atoms with van der Waals surface area (Å²) in [6.45, 7) is 0. The van der Waals surface area contributed by atoms with Crippen molar-refractivity contribution in [2.45, 2.75) is 50.5 Å². The average molecular weight is 439 g/mol. The highest BCUT2D eigenvalue weighted by molar-refractivity contribution is 6.33. The fourth-order valence-electron chi connectivity index (χ4n) is 3.08. The third-order valence-electron chi connectivity index (χ3n) is 4.51. The predicted octanol–water partition coefficient (Wildman–Crippen LogP) is 6.66. The third-order valence-corrected chi connectivity index (χ3v) is 4.83. The molecule has 0 amide bonds. The van der Waals surface area contributed by atoms with E-state index in [0.717, 1.165) is 44.2 Å². The molecule has 29 heavy (non-hydrogen) atoms. The van der Waals surface area contributed by atoms with Gasteiger partial charge in [0, 0.05) is 12.1 Å². The fraction of sp³-hybridized carbons (Fsp3) is 0.444. The smallest absolute Gasteiger partial charge is 0.351 e. The van der Waals surface area contributed by atoms with Crippen molar-refractivity contribution < 1.29 is 26.3 Å². The Morgan fingerprint density at radius 3 is 2.17 bits per heavy atom. The van der Waals surface area contributed by atoms with Gasteiger partial charge in [-0.05, 0) is 31.0 Å². The van der Waals surface area contributed by atoms with Crippen molar-refractivity contribution in [2.75, 3.05) is 10.6 Å². The molecule has 2 aromatic rings. The molecule has 1 saturated carbocycles. The summed E-state index contributed by atoms with van der Waals surface area (Å²) < 4.78 is 78.0. The van der Waals surface area contributed by atoms with Crippen molar-refractivity contribution in [2.24, 2.45) is 0 Å². The lowest BCUT2D eigenvalue weighted by Crippen LogP contribution is -2.24. The molecule has 3 rings (SSSR count). The monoisotopic (exact) mass is 438 g/mol. The standard InChI is InChI=1S/C18H17ClF6N4/c19-12-8-10(17(20,21)22)6-7-13(12)27-15-9-14(18(23,24)25)28-16(29-15)26-11-4-2-1-3-5-11/h6-9,11H,1-5H2,(H2,26,27,28,29). The maximum absolute atomic E-state index is 13.2. The normalized spacial score (nSPS) is 16.0. The lowest BCUT2D eigenvalue weighted by molar-refractivity contribution is -0.141. The first kappa shape index (κ1) is 21.5. The maximum atomic E-state index is 13.2.